The Balaban J connectivity index is 1.45. The Kier molecular flexibility index (Phi) is 5.42. The third kappa shape index (κ3) is 3.86. The summed E-state index contributed by atoms with van der Waals surface area (Å²) >= 11 is 0. The molecule has 0 atom stereocenters. The molecule has 30 heavy (non-hydrogen) atoms. The normalized spacial score (nSPS) is 15.0. The maximum atomic E-state index is 13.1. The van der Waals surface area contributed by atoms with Crippen LogP contribution in [0.25, 0.3) is 11.0 Å². The summed E-state index contributed by atoms with van der Waals surface area (Å²) in [6.45, 7) is 5.39. The van der Waals surface area contributed by atoms with E-state index in [2.05, 4.69) is 30.8 Å². The van der Waals surface area contributed by atoms with Crippen LogP contribution in [0.15, 0.2) is 35.4 Å². The number of aromatic nitrogens is 3. The molecule has 1 aliphatic rings. The Morgan fingerprint density at radius 1 is 1.20 bits per heavy atom. The van der Waals surface area contributed by atoms with E-state index < -0.39 is 17.5 Å². The minimum atomic E-state index is -2.83. The molecule has 0 spiro atoms. The van der Waals surface area contributed by atoms with Gasteiger partial charge >= 0.3 is 0 Å². The van der Waals surface area contributed by atoms with Crippen LogP contribution in [0.2, 0.25) is 0 Å². The average Bonchev–Trinajstić information content (AvgIpc) is 2.74. The van der Waals surface area contributed by atoms with Crippen molar-refractivity contribution < 1.29 is 8.78 Å². The van der Waals surface area contributed by atoms with E-state index in [9.17, 15) is 13.6 Å². The molecular formula is C21H20F2N6O. The molecule has 7 nitrogen and oxygen atoms in total. The summed E-state index contributed by atoms with van der Waals surface area (Å²) in [6, 6.07) is 7.49. The van der Waals surface area contributed by atoms with Gasteiger partial charge in [-0.2, -0.15) is 5.26 Å². The van der Waals surface area contributed by atoms with Crippen molar-refractivity contribution in [2.45, 2.75) is 19.9 Å². The molecule has 0 radical (unpaired) electrons. The summed E-state index contributed by atoms with van der Waals surface area (Å²) in [6.07, 6.45) is 0.420. The molecule has 1 saturated heterocycles. The van der Waals surface area contributed by atoms with Crippen molar-refractivity contribution in [1.29, 1.82) is 5.26 Å². The number of H-pyrrole nitrogens is 1. The van der Waals surface area contributed by atoms with E-state index in [0.717, 1.165) is 37.6 Å². The third-order valence-electron chi connectivity index (χ3n) is 5.39. The molecule has 0 saturated carbocycles. The van der Waals surface area contributed by atoms with Crippen molar-refractivity contribution in [2.24, 2.45) is 0 Å². The molecule has 0 amide bonds. The first-order valence-corrected chi connectivity index (χ1v) is 9.59. The standard InChI is InChI=1S/C21H20F2N6O/c1-13-18(20(22)23)21(30)27-16-8-15(11-26-19(13)16)12-28-4-6-29(7-5-28)17-3-2-14(9-24)10-25-17/h2-3,8,10-11,20H,4-7,12H2,1H3,(H,27,30). The molecule has 4 rings (SSSR count). The molecule has 1 fully saturated rings. The zero-order valence-corrected chi connectivity index (χ0v) is 16.4. The van der Waals surface area contributed by atoms with E-state index in [1.807, 2.05) is 6.07 Å². The second kappa shape index (κ2) is 8.16. The zero-order chi connectivity index (χ0) is 21.3. The third-order valence-corrected chi connectivity index (χ3v) is 5.39. The predicted octanol–water partition coefficient (Wildman–Crippen LogP) is 2.76. The first-order valence-electron chi connectivity index (χ1n) is 9.59. The Hall–Kier alpha value is -3.38. The molecule has 154 valence electrons. The Morgan fingerprint density at radius 2 is 1.97 bits per heavy atom. The molecule has 3 aromatic rings. The number of nitrogens with zero attached hydrogens (tertiary/aromatic N) is 5. The van der Waals surface area contributed by atoms with Gasteiger partial charge in [0.2, 0.25) is 0 Å². The number of piperazine rings is 1. The molecule has 9 heteroatoms. The Morgan fingerprint density at radius 3 is 2.60 bits per heavy atom. The number of aromatic amines is 1. The van der Waals surface area contributed by atoms with Crippen LogP contribution in [-0.2, 0) is 6.54 Å². The van der Waals surface area contributed by atoms with Gasteiger partial charge in [-0.25, -0.2) is 13.8 Å². The predicted molar refractivity (Wildman–Crippen MR) is 108 cm³/mol. The average molecular weight is 410 g/mol. The highest BCUT2D eigenvalue weighted by Crippen LogP contribution is 2.24. The number of alkyl halides is 2. The van der Waals surface area contributed by atoms with Crippen LogP contribution in [0.4, 0.5) is 14.6 Å². The van der Waals surface area contributed by atoms with Crippen LogP contribution in [0.5, 0.6) is 0 Å². The van der Waals surface area contributed by atoms with Gasteiger partial charge in [0.05, 0.1) is 22.2 Å². The van der Waals surface area contributed by atoms with Gasteiger partial charge in [0.25, 0.3) is 12.0 Å². The van der Waals surface area contributed by atoms with E-state index in [1.165, 1.54) is 6.92 Å². The number of nitriles is 1. The first-order chi connectivity index (χ1) is 14.5. The summed E-state index contributed by atoms with van der Waals surface area (Å²) in [7, 11) is 0. The number of pyridine rings is 3. The summed E-state index contributed by atoms with van der Waals surface area (Å²) < 4.78 is 26.2. The number of fused-ring (bicyclic) bond motifs is 1. The van der Waals surface area contributed by atoms with Gasteiger partial charge in [-0.05, 0) is 36.2 Å². The lowest BCUT2D eigenvalue weighted by molar-refractivity contribution is 0.149. The van der Waals surface area contributed by atoms with Crippen molar-refractivity contribution in [1.82, 2.24) is 19.9 Å². The zero-order valence-electron chi connectivity index (χ0n) is 16.4. The molecule has 1 aliphatic heterocycles. The molecule has 4 heterocycles. The monoisotopic (exact) mass is 410 g/mol. The van der Waals surface area contributed by atoms with Crippen molar-refractivity contribution >= 4 is 16.9 Å². The fourth-order valence-corrected chi connectivity index (χ4v) is 3.77. The summed E-state index contributed by atoms with van der Waals surface area (Å²) in [5, 5.41) is 8.88. The minimum Gasteiger partial charge on any atom is -0.354 e. The second-order valence-electron chi connectivity index (χ2n) is 7.31. The largest absolute Gasteiger partial charge is 0.354 e. The fraction of sp³-hybridized carbons (Fsp3) is 0.333. The molecule has 0 unspecified atom stereocenters. The number of anilines is 1. The van der Waals surface area contributed by atoms with E-state index in [1.54, 1.807) is 24.5 Å². The van der Waals surface area contributed by atoms with Gasteiger partial charge in [-0.3, -0.25) is 14.7 Å². The van der Waals surface area contributed by atoms with Gasteiger partial charge in [0.1, 0.15) is 11.9 Å². The van der Waals surface area contributed by atoms with Gasteiger partial charge in [0.15, 0.2) is 0 Å². The minimum absolute atomic E-state index is 0.221. The maximum absolute atomic E-state index is 13.1. The number of hydrogen-bond acceptors (Lipinski definition) is 6. The molecule has 0 aliphatic carbocycles. The summed E-state index contributed by atoms with van der Waals surface area (Å²) in [4.78, 5) is 27.7. The number of halogens is 2. The number of nitrogens with one attached hydrogen (secondary N) is 1. The maximum Gasteiger partial charge on any atom is 0.269 e. The first kappa shape index (κ1) is 19.9. The van der Waals surface area contributed by atoms with E-state index in [0.29, 0.717) is 23.1 Å². The lowest BCUT2D eigenvalue weighted by Crippen LogP contribution is -2.46. The van der Waals surface area contributed by atoms with Crippen molar-refractivity contribution in [3.05, 3.63) is 63.2 Å². The van der Waals surface area contributed by atoms with E-state index in [4.69, 9.17) is 5.26 Å². The van der Waals surface area contributed by atoms with Crippen molar-refractivity contribution in [2.75, 3.05) is 31.1 Å². The topological polar surface area (TPSA) is 88.9 Å². The van der Waals surface area contributed by atoms with Crippen LogP contribution < -0.4 is 10.5 Å². The van der Waals surface area contributed by atoms with Crippen LogP contribution in [-0.4, -0.2) is 46.0 Å². The summed E-state index contributed by atoms with van der Waals surface area (Å²) in [5.41, 5.74) is 1.25. The van der Waals surface area contributed by atoms with Gasteiger partial charge in [0, 0.05) is 45.1 Å². The van der Waals surface area contributed by atoms with Gasteiger partial charge in [-0.15, -0.1) is 0 Å². The molecule has 0 bridgehead atoms. The number of aryl methyl sites for hydroxylation is 1. The SMILES string of the molecule is Cc1c(C(F)F)c(=O)[nH]c2cc(CN3CCN(c4ccc(C#N)cn4)CC3)cnc12. The fourth-order valence-electron chi connectivity index (χ4n) is 3.77. The van der Waals surface area contributed by atoms with E-state index >= 15 is 0 Å². The highest BCUT2D eigenvalue weighted by molar-refractivity contribution is 5.79. The lowest BCUT2D eigenvalue weighted by Gasteiger charge is -2.35. The number of hydrogen-bond donors (Lipinski definition) is 1. The van der Waals surface area contributed by atoms with Gasteiger partial charge < -0.3 is 9.88 Å². The quantitative estimate of drug-likeness (QED) is 0.712. The highest BCUT2D eigenvalue weighted by atomic mass is 19.3. The second-order valence-corrected chi connectivity index (χ2v) is 7.31. The van der Waals surface area contributed by atoms with Crippen molar-refractivity contribution in [3.63, 3.8) is 0 Å². The lowest BCUT2D eigenvalue weighted by atomic mass is 10.1. The van der Waals surface area contributed by atoms with Crippen LogP contribution in [0.1, 0.15) is 28.7 Å². The smallest absolute Gasteiger partial charge is 0.269 e. The Bertz CT molecular complexity index is 1160. The van der Waals surface area contributed by atoms with Crippen LogP contribution in [0.3, 0.4) is 0 Å². The molecule has 0 aromatic carbocycles. The van der Waals surface area contributed by atoms with Gasteiger partial charge in [-0.1, -0.05) is 0 Å². The van der Waals surface area contributed by atoms with Crippen LogP contribution >= 0.6 is 0 Å². The van der Waals surface area contributed by atoms with Crippen molar-refractivity contribution in [3.8, 4) is 6.07 Å². The van der Waals surface area contributed by atoms with Crippen LogP contribution in [0, 0.1) is 18.3 Å². The van der Waals surface area contributed by atoms with E-state index in [-0.39, 0.29) is 5.56 Å². The highest BCUT2D eigenvalue weighted by Gasteiger charge is 2.20. The molecular weight excluding hydrogens is 390 g/mol. The molecule has 3 aromatic heterocycles. The summed E-state index contributed by atoms with van der Waals surface area (Å²) in [5.74, 6) is 0.851. The Labute approximate surface area is 171 Å². The number of rotatable bonds is 4. The molecule has 1 N–H and O–H groups in total.